The van der Waals surface area contributed by atoms with Crippen molar-refractivity contribution in [1.29, 1.82) is 0 Å². The van der Waals surface area contributed by atoms with Gasteiger partial charge in [-0.2, -0.15) is 0 Å². The summed E-state index contributed by atoms with van der Waals surface area (Å²) in [4.78, 5) is 44.8. The van der Waals surface area contributed by atoms with Crippen LogP contribution in [0.2, 0.25) is 10.0 Å². The number of piperidine rings is 2. The Kier molecular flexibility index (Phi) is 8.21. The van der Waals surface area contributed by atoms with E-state index in [1.54, 1.807) is 18.2 Å². The molecule has 11 heteroatoms. The molecule has 0 aliphatic carbocycles. The Balaban J connectivity index is 1.27. The van der Waals surface area contributed by atoms with Crippen LogP contribution in [0, 0.1) is 0 Å². The number of ether oxygens (including phenoxy) is 1. The maximum atomic E-state index is 14.4. The second kappa shape index (κ2) is 12.2. The largest absolute Gasteiger partial charge is 0.490 e. The van der Waals surface area contributed by atoms with Gasteiger partial charge in [0.05, 0.1) is 6.04 Å². The number of halogens is 3. The molecule has 1 spiro atoms. The number of likely N-dealkylation sites (tertiary alicyclic amines) is 2. The van der Waals surface area contributed by atoms with Crippen molar-refractivity contribution in [3.05, 3.63) is 91.9 Å². The quantitative estimate of drug-likeness (QED) is 0.304. The number of hydrogen-bond acceptors (Lipinski definition) is 4. The molecular weight excluding hydrogens is 679 g/mol. The van der Waals surface area contributed by atoms with E-state index in [2.05, 4.69) is 26.6 Å². The van der Waals surface area contributed by atoms with Crippen LogP contribution in [0.3, 0.4) is 0 Å². The highest BCUT2D eigenvalue weighted by atomic mass is 79.9. The first-order valence-corrected chi connectivity index (χ1v) is 16.9. The lowest BCUT2D eigenvalue weighted by Gasteiger charge is -2.47. The fourth-order valence-electron chi connectivity index (χ4n) is 7.57. The summed E-state index contributed by atoms with van der Waals surface area (Å²) >= 11 is 16.5. The van der Waals surface area contributed by atoms with E-state index in [9.17, 15) is 14.4 Å². The molecule has 3 atom stereocenters. The topological polar surface area (TPSA) is 91.0 Å². The van der Waals surface area contributed by atoms with E-state index in [4.69, 9.17) is 27.9 Å². The maximum Gasteiger partial charge on any atom is 0.320 e. The molecule has 2 N–H and O–H groups in total. The Hall–Kier alpha value is -3.27. The lowest BCUT2D eigenvalue weighted by Crippen LogP contribution is -2.57. The van der Waals surface area contributed by atoms with Gasteiger partial charge in [0.15, 0.2) is 0 Å². The molecule has 7 rings (SSSR count). The van der Waals surface area contributed by atoms with E-state index in [0.29, 0.717) is 53.0 Å². The van der Waals surface area contributed by atoms with Crippen LogP contribution in [0.25, 0.3) is 0 Å². The summed E-state index contributed by atoms with van der Waals surface area (Å²) in [7, 11) is 0. The van der Waals surface area contributed by atoms with E-state index in [-0.39, 0.29) is 30.4 Å². The van der Waals surface area contributed by atoms with Gasteiger partial charge < -0.3 is 25.2 Å². The maximum absolute atomic E-state index is 14.4. The molecule has 0 aromatic heterocycles. The van der Waals surface area contributed by atoms with Crippen LogP contribution in [0.4, 0.5) is 10.5 Å². The predicted molar refractivity (Wildman–Crippen MR) is 177 cm³/mol. The standard InChI is InChI=1S/C34H33BrCl2N4O4/c35-21-6-9-29(45-24-10-14-41(15-11-24)33(44)40-12-1-2-13-40)25(17-21)31-34(26-8-7-23(37)18-28(26)38-32(34)43)27(19-30(42)39-31)20-4-3-5-22(36)16-20/h3-9,16-18,24,27,31H,1-2,10-15,19H2,(H,38,43)(H,39,42). The Bertz CT molecular complexity index is 1670. The first kappa shape index (κ1) is 30.4. The number of carbonyl (C=O) groups is 3. The van der Waals surface area contributed by atoms with Crippen LogP contribution < -0.4 is 15.4 Å². The summed E-state index contributed by atoms with van der Waals surface area (Å²) in [5, 5.41) is 7.31. The fraction of sp³-hybridized carbons (Fsp3) is 0.382. The number of amides is 4. The molecule has 8 nitrogen and oxygen atoms in total. The van der Waals surface area contributed by atoms with Gasteiger partial charge in [-0.3, -0.25) is 9.59 Å². The van der Waals surface area contributed by atoms with Gasteiger partial charge in [0.2, 0.25) is 11.8 Å². The molecule has 45 heavy (non-hydrogen) atoms. The SMILES string of the molecule is O=C1CC(c2cccc(Cl)c2)C2(C(=O)Nc3cc(Cl)ccc32)C(c2cc(Br)ccc2OC2CCN(C(=O)N3CCCC3)CC2)N1. The molecule has 4 heterocycles. The van der Waals surface area contributed by atoms with Crippen molar-refractivity contribution < 1.29 is 19.1 Å². The van der Waals surface area contributed by atoms with Gasteiger partial charge in [0.25, 0.3) is 0 Å². The van der Waals surface area contributed by atoms with Crippen molar-refractivity contribution in [2.75, 3.05) is 31.5 Å². The Labute approximate surface area is 280 Å². The first-order chi connectivity index (χ1) is 21.7. The fourth-order valence-corrected chi connectivity index (χ4v) is 8.32. The summed E-state index contributed by atoms with van der Waals surface area (Å²) in [6.45, 7) is 2.88. The van der Waals surface area contributed by atoms with E-state index in [0.717, 1.165) is 41.5 Å². The number of nitrogens with one attached hydrogen (secondary N) is 2. The van der Waals surface area contributed by atoms with Crippen LogP contribution >= 0.6 is 39.1 Å². The molecule has 3 unspecified atom stereocenters. The first-order valence-electron chi connectivity index (χ1n) is 15.4. The average molecular weight is 712 g/mol. The zero-order chi connectivity index (χ0) is 31.3. The zero-order valence-electron chi connectivity index (χ0n) is 24.5. The van der Waals surface area contributed by atoms with Crippen molar-refractivity contribution in [2.45, 2.75) is 55.6 Å². The molecule has 4 aliphatic rings. The molecular formula is C34H33BrCl2N4O4. The third kappa shape index (κ3) is 5.47. The van der Waals surface area contributed by atoms with Crippen LogP contribution in [0.15, 0.2) is 65.1 Å². The molecule has 4 amide bonds. The summed E-state index contributed by atoms with van der Waals surface area (Å²) in [5.74, 6) is -0.335. The van der Waals surface area contributed by atoms with Gasteiger partial charge in [0, 0.05) is 77.1 Å². The Morgan fingerprint density at radius 1 is 0.911 bits per heavy atom. The monoisotopic (exact) mass is 710 g/mol. The van der Waals surface area contributed by atoms with Crippen molar-refractivity contribution in [3.63, 3.8) is 0 Å². The van der Waals surface area contributed by atoms with E-state index in [1.165, 1.54) is 0 Å². The highest BCUT2D eigenvalue weighted by Crippen LogP contribution is 2.58. The number of anilines is 1. The summed E-state index contributed by atoms with van der Waals surface area (Å²) in [6.07, 6.45) is 3.46. The van der Waals surface area contributed by atoms with Crippen LogP contribution in [-0.2, 0) is 15.0 Å². The number of carbonyl (C=O) groups excluding carboxylic acids is 3. The minimum atomic E-state index is -1.22. The van der Waals surface area contributed by atoms with E-state index in [1.807, 2.05) is 52.3 Å². The number of hydrogen-bond donors (Lipinski definition) is 2. The van der Waals surface area contributed by atoms with Crippen molar-refractivity contribution in [2.24, 2.45) is 0 Å². The minimum absolute atomic E-state index is 0.0973. The zero-order valence-corrected chi connectivity index (χ0v) is 27.6. The number of urea groups is 1. The Morgan fingerprint density at radius 2 is 1.64 bits per heavy atom. The molecule has 3 fully saturated rings. The highest BCUT2D eigenvalue weighted by molar-refractivity contribution is 9.10. The van der Waals surface area contributed by atoms with Crippen LogP contribution in [-0.4, -0.2) is 59.9 Å². The molecule has 0 radical (unpaired) electrons. The number of rotatable bonds is 4. The lowest BCUT2D eigenvalue weighted by atomic mass is 9.59. The normalized spacial score (nSPS) is 24.9. The third-order valence-corrected chi connectivity index (χ3v) is 10.6. The molecule has 0 saturated carbocycles. The number of nitrogens with zero attached hydrogens (tertiary/aromatic N) is 2. The van der Waals surface area contributed by atoms with Crippen molar-refractivity contribution in [3.8, 4) is 5.75 Å². The number of benzene rings is 3. The van der Waals surface area contributed by atoms with E-state index < -0.39 is 17.4 Å². The van der Waals surface area contributed by atoms with Gasteiger partial charge >= 0.3 is 6.03 Å². The molecule has 3 saturated heterocycles. The summed E-state index contributed by atoms with van der Waals surface area (Å²) < 4.78 is 7.48. The second-order valence-corrected chi connectivity index (χ2v) is 14.1. The second-order valence-electron chi connectivity index (χ2n) is 12.3. The van der Waals surface area contributed by atoms with Gasteiger partial charge in [0.1, 0.15) is 17.3 Å². The molecule has 3 aromatic rings. The van der Waals surface area contributed by atoms with Crippen molar-refractivity contribution >= 4 is 62.7 Å². The predicted octanol–water partition coefficient (Wildman–Crippen LogP) is 7.05. The molecule has 234 valence electrons. The van der Waals surface area contributed by atoms with Crippen LogP contribution in [0.5, 0.6) is 5.75 Å². The molecule has 0 bridgehead atoms. The highest BCUT2D eigenvalue weighted by Gasteiger charge is 2.61. The Morgan fingerprint density at radius 3 is 2.40 bits per heavy atom. The molecule has 3 aromatic carbocycles. The van der Waals surface area contributed by atoms with Crippen LogP contribution in [0.1, 0.15) is 60.8 Å². The summed E-state index contributed by atoms with van der Waals surface area (Å²) in [5.41, 5.74) is 1.65. The minimum Gasteiger partial charge on any atom is -0.490 e. The van der Waals surface area contributed by atoms with E-state index >= 15 is 0 Å². The van der Waals surface area contributed by atoms with Gasteiger partial charge in [-0.1, -0.05) is 57.3 Å². The summed E-state index contributed by atoms with van der Waals surface area (Å²) in [6, 6.07) is 17.8. The average Bonchev–Trinajstić information content (AvgIpc) is 3.66. The third-order valence-electron chi connectivity index (χ3n) is 9.67. The van der Waals surface area contributed by atoms with Gasteiger partial charge in [-0.15, -0.1) is 0 Å². The van der Waals surface area contributed by atoms with Gasteiger partial charge in [-0.05, 0) is 66.4 Å². The molecule has 4 aliphatic heterocycles. The van der Waals surface area contributed by atoms with Gasteiger partial charge in [-0.25, -0.2) is 4.79 Å². The smallest absolute Gasteiger partial charge is 0.320 e. The number of fused-ring (bicyclic) bond motifs is 2. The van der Waals surface area contributed by atoms with Crippen molar-refractivity contribution in [1.82, 2.24) is 15.1 Å². The lowest BCUT2D eigenvalue weighted by molar-refractivity contribution is -0.131.